The predicted octanol–water partition coefficient (Wildman–Crippen LogP) is 3.34. The molecule has 1 aromatic carbocycles. The van der Waals surface area contributed by atoms with Crippen molar-refractivity contribution in [2.75, 3.05) is 5.32 Å². The number of carbonyl (C=O) groups excluding carboxylic acids is 1. The molecule has 2 rings (SSSR count). The minimum atomic E-state index is -0.383. The number of anilines is 1. The third-order valence-corrected chi connectivity index (χ3v) is 2.99. The molecule has 0 radical (unpaired) electrons. The van der Waals surface area contributed by atoms with E-state index in [0.29, 0.717) is 10.7 Å². The van der Waals surface area contributed by atoms with Crippen molar-refractivity contribution in [3.8, 4) is 0 Å². The standard InChI is InChI=1S/C12H9Cl2N3O/c1-7-3-2-4-8(11(7)14)17-12(18)9-5-16-10(13)6-15-9/h2-6H,1H3,(H,17,18). The second-order valence-corrected chi connectivity index (χ2v) is 4.38. The third kappa shape index (κ3) is 2.78. The molecule has 1 heterocycles. The van der Waals surface area contributed by atoms with Crippen molar-refractivity contribution in [1.82, 2.24) is 9.97 Å². The molecule has 0 fully saturated rings. The summed E-state index contributed by atoms with van der Waals surface area (Å²) in [6.07, 6.45) is 2.62. The molecule has 0 saturated carbocycles. The van der Waals surface area contributed by atoms with E-state index in [2.05, 4.69) is 15.3 Å². The first kappa shape index (κ1) is 12.8. The van der Waals surface area contributed by atoms with Crippen molar-refractivity contribution in [1.29, 1.82) is 0 Å². The first-order chi connectivity index (χ1) is 8.58. The van der Waals surface area contributed by atoms with Crippen LogP contribution in [0.25, 0.3) is 0 Å². The van der Waals surface area contributed by atoms with Crippen LogP contribution in [-0.4, -0.2) is 15.9 Å². The van der Waals surface area contributed by atoms with Gasteiger partial charge in [-0.3, -0.25) is 4.79 Å². The second kappa shape index (κ2) is 5.33. The van der Waals surface area contributed by atoms with Gasteiger partial charge in [-0.15, -0.1) is 0 Å². The summed E-state index contributed by atoms with van der Waals surface area (Å²) in [5, 5.41) is 3.41. The van der Waals surface area contributed by atoms with Crippen molar-refractivity contribution in [3.05, 3.63) is 52.0 Å². The van der Waals surface area contributed by atoms with E-state index in [1.165, 1.54) is 12.4 Å². The van der Waals surface area contributed by atoms with Crippen LogP contribution in [0.5, 0.6) is 0 Å². The summed E-state index contributed by atoms with van der Waals surface area (Å²) in [6, 6.07) is 5.39. The fourth-order valence-electron chi connectivity index (χ4n) is 1.36. The van der Waals surface area contributed by atoms with E-state index in [0.717, 1.165) is 5.56 Å². The molecule has 18 heavy (non-hydrogen) atoms. The lowest BCUT2D eigenvalue weighted by Gasteiger charge is -2.08. The zero-order chi connectivity index (χ0) is 13.1. The Morgan fingerprint density at radius 2 is 2.00 bits per heavy atom. The number of hydrogen-bond donors (Lipinski definition) is 1. The molecule has 2 aromatic rings. The Bertz CT molecular complexity index is 584. The van der Waals surface area contributed by atoms with Crippen LogP contribution in [0.2, 0.25) is 10.2 Å². The third-order valence-electron chi connectivity index (χ3n) is 2.29. The maximum Gasteiger partial charge on any atom is 0.275 e. The monoisotopic (exact) mass is 281 g/mol. The van der Waals surface area contributed by atoms with Gasteiger partial charge in [0.2, 0.25) is 0 Å². The Morgan fingerprint density at radius 1 is 1.22 bits per heavy atom. The van der Waals surface area contributed by atoms with Crippen molar-refractivity contribution >= 4 is 34.8 Å². The molecule has 92 valence electrons. The number of carbonyl (C=O) groups is 1. The van der Waals surface area contributed by atoms with Gasteiger partial charge in [0.1, 0.15) is 10.8 Å². The highest BCUT2D eigenvalue weighted by molar-refractivity contribution is 6.34. The van der Waals surface area contributed by atoms with Crippen molar-refractivity contribution < 1.29 is 4.79 Å². The number of halogens is 2. The van der Waals surface area contributed by atoms with Gasteiger partial charge < -0.3 is 5.32 Å². The quantitative estimate of drug-likeness (QED) is 0.919. The Morgan fingerprint density at radius 3 is 2.67 bits per heavy atom. The lowest BCUT2D eigenvalue weighted by atomic mass is 10.2. The Hall–Kier alpha value is -1.65. The fourth-order valence-corrected chi connectivity index (χ4v) is 1.63. The van der Waals surface area contributed by atoms with Gasteiger partial charge >= 0.3 is 0 Å². The summed E-state index contributed by atoms with van der Waals surface area (Å²) in [6.45, 7) is 1.86. The molecule has 0 aliphatic heterocycles. The van der Waals surface area contributed by atoms with Gasteiger partial charge in [-0.25, -0.2) is 9.97 Å². The number of rotatable bonds is 2. The van der Waals surface area contributed by atoms with Crippen LogP contribution in [0.4, 0.5) is 5.69 Å². The number of nitrogens with one attached hydrogen (secondary N) is 1. The van der Waals surface area contributed by atoms with Crippen LogP contribution in [-0.2, 0) is 0 Å². The predicted molar refractivity (Wildman–Crippen MR) is 71.2 cm³/mol. The van der Waals surface area contributed by atoms with Gasteiger partial charge in [-0.05, 0) is 18.6 Å². The molecular weight excluding hydrogens is 273 g/mol. The molecule has 0 saturated heterocycles. The smallest absolute Gasteiger partial charge is 0.275 e. The Kier molecular flexibility index (Phi) is 3.79. The number of aryl methyl sites for hydroxylation is 1. The van der Waals surface area contributed by atoms with Crippen molar-refractivity contribution in [3.63, 3.8) is 0 Å². The first-order valence-electron chi connectivity index (χ1n) is 5.12. The molecular formula is C12H9Cl2N3O. The highest BCUT2D eigenvalue weighted by Gasteiger charge is 2.10. The lowest BCUT2D eigenvalue weighted by molar-refractivity contribution is 0.102. The summed E-state index contributed by atoms with van der Waals surface area (Å²) < 4.78 is 0. The first-order valence-corrected chi connectivity index (χ1v) is 5.87. The average molecular weight is 282 g/mol. The highest BCUT2D eigenvalue weighted by atomic mass is 35.5. The Balaban J connectivity index is 2.21. The number of benzene rings is 1. The fraction of sp³-hybridized carbons (Fsp3) is 0.0833. The van der Waals surface area contributed by atoms with E-state index in [4.69, 9.17) is 23.2 Å². The van der Waals surface area contributed by atoms with Crippen LogP contribution < -0.4 is 5.32 Å². The van der Waals surface area contributed by atoms with Gasteiger partial charge in [0.15, 0.2) is 0 Å². The summed E-state index contributed by atoms with van der Waals surface area (Å²) in [5.41, 5.74) is 1.60. The summed E-state index contributed by atoms with van der Waals surface area (Å²) >= 11 is 11.7. The zero-order valence-corrected chi connectivity index (χ0v) is 11.0. The maximum absolute atomic E-state index is 11.9. The normalized spacial score (nSPS) is 10.2. The molecule has 1 aromatic heterocycles. The van der Waals surface area contributed by atoms with Gasteiger partial charge in [-0.1, -0.05) is 35.3 Å². The minimum absolute atomic E-state index is 0.178. The summed E-state index contributed by atoms with van der Waals surface area (Å²) in [5.74, 6) is -0.383. The van der Waals surface area contributed by atoms with Crippen molar-refractivity contribution in [2.24, 2.45) is 0 Å². The van der Waals surface area contributed by atoms with E-state index in [1.807, 2.05) is 19.1 Å². The van der Waals surface area contributed by atoms with Crippen LogP contribution in [0.1, 0.15) is 16.1 Å². The van der Waals surface area contributed by atoms with Crippen LogP contribution in [0.3, 0.4) is 0 Å². The van der Waals surface area contributed by atoms with E-state index < -0.39 is 0 Å². The van der Waals surface area contributed by atoms with Gasteiger partial charge in [0.25, 0.3) is 5.91 Å². The second-order valence-electron chi connectivity index (χ2n) is 3.61. The largest absolute Gasteiger partial charge is 0.319 e. The van der Waals surface area contributed by atoms with Crippen molar-refractivity contribution in [2.45, 2.75) is 6.92 Å². The van der Waals surface area contributed by atoms with E-state index >= 15 is 0 Å². The molecule has 0 aliphatic rings. The lowest BCUT2D eigenvalue weighted by Crippen LogP contribution is -2.14. The number of aromatic nitrogens is 2. The molecule has 1 amide bonds. The Labute approximate surface area is 114 Å². The molecule has 0 bridgehead atoms. The summed E-state index contributed by atoms with van der Waals surface area (Å²) in [4.78, 5) is 19.5. The molecule has 0 atom stereocenters. The number of nitrogens with zero attached hydrogens (tertiary/aromatic N) is 2. The van der Waals surface area contributed by atoms with Gasteiger partial charge in [0, 0.05) is 0 Å². The highest BCUT2D eigenvalue weighted by Crippen LogP contribution is 2.25. The molecule has 0 aliphatic carbocycles. The van der Waals surface area contributed by atoms with E-state index in [9.17, 15) is 4.79 Å². The number of amides is 1. The van der Waals surface area contributed by atoms with E-state index in [-0.39, 0.29) is 16.8 Å². The van der Waals surface area contributed by atoms with Gasteiger partial charge in [-0.2, -0.15) is 0 Å². The molecule has 4 nitrogen and oxygen atoms in total. The summed E-state index contributed by atoms with van der Waals surface area (Å²) in [7, 11) is 0. The average Bonchev–Trinajstić information content (AvgIpc) is 2.36. The topological polar surface area (TPSA) is 54.9 Å². The molecule has 6 heteroatoms. The van der Waals surface area contributed by atoms with Crippen LogP contribution >= 0.6 is 23.2 Å². The SMILES string of the molecule is Cc1cccc(NC(=O)c2cnc(Cl)cn2)c1Cl. The van der Waals surface area contributed by atoms with Crippen LogP contribution in [0, 0.1) is 6.92 Å². The molecule has 1 N–H and O–H groups in total. The zero-order valence-electron chi connectivity index (χ0n) is 9.45. The van der Waals surface area contributed by atoms with Gasteiger partial charge in [0.05, 0.1) is 23.1 Å². The number of hydrogen-bond acceptors (Lipinski definition) is 3. The maximum atomic E-state index is 11.9. The molecule has 0 unspecified atom stereocenters. The van der Waals surface area contributed by atoms with E-state index in [1.54, 1.807) is 6.07 Å². The van der Waals surface area contributed by atoms with Crippen LogP contribution in [0.15, 0.2) is 30.6 Å². The molecule has 0 spiro atoms. The minimum Gasteiger partial charge on any atom is -0.319 e.